The molecule has 29 heavy (non-hydrogen) atoms. The van der Waals surface area contributed by atoms with Crippen LogP contribution in [0.4, 0.5) is 0 Å². The number of halogens is 1. The zero-order chi connectivity index (χ0) is 20.9. The summed E-state index contributed by atoms with van der Waals surface area (Å²) in [6.45, 7) is 9.72. The summed E-state index contributed by atoms with van der Waals surface area (Å²) >= 11 is 0. The van der Waals surface area contributed by atoms with Crippen molar-refractivity contribution >= 4 is 29.1 Å². The minimum absolute atomic E-state index is 0. The SMILES string of the molecule is CCCCOc1c(CN)n(CC(C)(C)C)c(=O)c2ccc(CCC(N)=O)cc12.Cl. The fraction of sp³-hybridized carbons (Fsp3) is 0.545. The molecule has 0 saturated heterocycles. The third-order valence-electron chi connectivity index (χ3n) is 4.62. The van der Waals surface area contributed by atoms with Gasteiger partial charge in [0.2, 0.25) is 5.91 Å². The molecule has 0 aliphatic rings. The Kier molecular flexibility index (Phi) is 9.17. The maximum atomic E-state index is 13.2. The Morgan fingerprint density at radius 1 is 1.21 bits per heavy atom. The number of carbonyl (C=O) groups excluding carboxylic acids is 1. The van der Waals surface area contributed by atoms with Crippen LogP contribution in [-0.2, 0) is 24.3 Å². The fourth-order valence-electron chi connectivity index (χ4n) is 3.26. The summed E-state index contributed by atoms with van der Waals surface area (Å²) in [4.78, 5) is 24.4. The van der Waals surface area contributed by atoms with Gasteiger partial charge in [-0.05, 0) is 36.0 Å². The molecule has 1 amide bonds. The molecule has 0 atom stereocenters. The second kappa shape index (κ2) is 10.6. The highest BCUT2D eigenvalue weighted by atomic mass is 35.5. The molecule has 4 N–H and O–H groups in total. The highest BCUT2D eigenvalue weighted by molar-refractivity contribution is 5.89. The van der Waals surface area contributed by atoms with Crippen molar-refractivity contribution < 1.29 is 9.53 Å². The van der Waals surface area contributed by atoms with Crippen LogP contribution in [-0.4, -0.2) is 17.1 Å². The molecule has 0 bridgehead atoms. The van der Waals surface area contributed by atoms with E-state index in [1.807, 2.05) is 18.2 Å². The molecule has 0 aliphatic heterocycles. The lowest BCUT2D eigenvalue weighted by Gasteiger charge is -2.25. The zero-order valence-electron chi connectivity index (χ0n) is 17.9. The van der Waals surface area contributed by atoms with Crippen molar-refractivity contribution in [1.29, 1.82) is 0 Å². The summed E-state index contributed by atoms with van der Waals surface area (Å²) in [6.07, 6.45) is 2.73. The van der Waals surface area contributed by atoms with Crippen molar-refractivity contribution in [1.82, 2.24) is 4.57 Å². The number of fused-ring (bicyclic) bond motifs is 1. The molecule has 1 heterocycles. The van der Waals surface area contributed by atoms with Crippen molar-refractivity contribution in [2.45, 2.75) is 66.5 Å². The first-order chi connectivity index (χ1) is 13.2. The molecule has 0 unspecified atom stereocenters. The molecular formula is C22H34ClN3O3. The van der Waals surface area contributed by atoms with E-state index in [0.29, 0.717) is 30.7 Å². The molecule has 0 aliphatic carbocycles. The van der Waals surface area contributed by atoms with Crippen molar-refractivity contribution in [2.24, 2.45) is 16.9 Å². The van der Waals surface area contributed by atoms with Gasteiger partial charge in [-0.1, -0.05) is 40.2 Å². The molecule has 2 rings (SSSR count). The standard InChI is InChI=1S/C22H33N3O3.ClH/c1-5-6-11-28-20-17-12-15(8-10-19(24)26)7-9-16(17)21(27)25(18(20)13-23)14-22(2,3)4;/h7,9,12H,5-6,8,10-11,13-14,23H2,1-4H3,(H2,24,26);1H. The Labute approximate surface area is 179 Å². The van der Waals surface area contributed by atoms with Crippen molar-refractivity contribution in [3.63, 3.8) is 0 Å². The summed E-state index contributed by atoms with van der Waals surface area (Å²) in [5.41, 5.74) is 12.9. The van der Waals surface area contributed by atoms with Crippen molar-refractivity contribution in [3.8, 4) is 5.75 Å². The summed E-state index contributed by atoms with van der Waals surface area (Å²) in [6, 6.07) is 5.63. The lowest BCUT2D eigenvalue weighted by atomic mass is 9.95. The minimum atomic E-state index is -0.345. The molecular weight excluding hydrogens is 390 g/mol. The number of aryl methyl sites for hydroxylation is 1. The number of benzene rings is 1. The average Bonchev–Trinajstić information content (AvgIpc) is 2.62. The van der Waals surface area contributed by atoms with Crippen LogP contribution in [0.1, 0.15) is 58.2 Å². The Morgan fingerprint density at radius 2 is 1.90 bits per heavy atom. The lowest BCUT2D eigenvalue weighted by Crippen LogP contribution is -2.31. The van der Waals surface area contributed by atoms with E-state index < -0.39 is 0 Å². The highest BCUT2D eigenvalue weighted by Crippen LogP contribution is 2.31. The predicted molar refractivity (Wildman–Crippen MR) is 121 cm³/mol. The third-order valence-corrected chi connectivity index (χ3v) is 4.62. The van der Waals surface area contributed by atoms with Crippen LogP contribution < -0.4 is 21.8 Å². The van der Waals surface area contributed by atoms with E-state index in [-0.39, 0.29) is 42.3 Å². The predicted octanol–water partition coefficient (Wildman–Crippen LogP) is 3.52. The van der Waals surface area contributed by atoms with Crippen LogP contribution in [0.2, 0.25) is 0 Å². The van der Waals surface area contributed by atoms with E-state index in [9.17, 15) is 9.59 Å². The number of aromatic nitrogens is 1. The molecule has 0 fully saturated rings. The number of carbonyl (C=O) groups is 1. The van der Waals surface area contributed by atoms with E-state index in [1.54, 1.807) is 4.57 Å². The van der Waals surface area contributed by atoms with Gasteiger partial charge in [-0.2, -0.15) is 0 Å². The zero-order valence-corrected chi connectivity index (χ0v) is 18.7. The maximum absolute atomic E-state index is 13.2. The number of amides is 1. The number of rotatable bonds is 9. The molecule has 6 nitrogen and oxygen atoms in total. The number of pyridine rings is 1. The number of hydrogen-bond donors (Lipinski definition) is 2. The van der Waals surface area contributed by atoms with Gasteiger partial charge in [-0.15, -0.1) is 12.4 Å². The number of nitrogens with zero attached hydrogens (tertiary/aromatic N) is 1. The van der Waals surface area contributed by atoms with Crippen molar-refractivity contribution in [2.75, 3.05) is 6.61 Å². The number of ether oxygens (including phenoxy) is 1. The van der Waals surface area contributed by atoms with Crippen LogP contribution in [0, 0.1) is 5.41 Å². The minimum Gasteiger partial charge on any atom is -0.491 e. The van der Waals surface area contributed by atoms with E-state index in [2.05, 4.69) is 27.7 Å². The van der Waals surface area contributed by atoms with Gasteiger partial charge in [-0.25, -0.2) is 0 Å². The summed E-state index contributed by atoms with van der Waals surface area (Å²) in [7, 11) is 0. The number of primary amides is 1. The number of unbranched alkanes of at least 4 members (excludes halogenated alkanes) is 1. The second-order valence-electron chi connectivity index (χ2n) is 8.48. The molecule has 2 aromatic rings. The first-order valence-corrected chi connectivity index (χ1v) is 9.97. The molecule has 7 heteroatoms. The maximum Gasteiger partial charge on any atom is 0.258 e. The fourth-order valence-corrected chi connectivity index (χ4v) is 3.26. The van der Waals surface area contributed by atoms with Crippen LogP contribution >= 0.6 is 12.4 Å². The van der Waals surface area contributed by atoms with E-state index >= 15 is 0 Å². The van der Waals surface area contributed by atoms with Crippen LogP contribution in [0.25, 0.3) is 10.8 Å². The molecule has 0 saturated carbocycles. The molecule has 1 aromatic heterocycles. The second-order valence-corrected chi connectivity index (χ2v) is 8.48. The van der Waals surface area contributed by atoms with E-state index in [1.165, 1.54) is 0 Å². The quantitative estimate of drug-likeness (QED) is 0.602. The van der Waals surface area contributed by atoms with Gasteiger partial charge in [0.05, 0.1) is 17.7 Å². The Balaban J connectivity index is 0.00000420. The third kappa shape index (κ3) is 6.47. The molecule has 0 radical (unpaired) electrons. The van der Waals surface area contributed by atoms with Crippen LogP contribution in [0.15, 0.2) is 23.0 Å². The van der Waals surface area contributed by atoms with E-state index in [0.717, 1.165) is 29.5 Å². The topological polar surface area (TPSA) is 100 Å². The summed E-state index contributed by atoms with van der Waals surface area (Å²) < 4.78 is 7.90. The van der Waals surface area contributed by atoms with Gasteiger partial charge < -0.3 is 20.8 Å². The lowest BCUT2D eigenvalue weighted by molar-refractivity contribution is -0.117. The molecule has 0 spiro atoms. The largest absolute Gasteiger partial charge is 0.491 e. The molecule has 162 valence electrons. The summed E-state index contributed by atoms with van der Waals surface area (Å²) in [5, 5.41) is 1.37. The van der Waals surface area contributed by atoms with Gasteiger partial charge in [0.25, 0.3) is 5.56 Å². The first kappa shape index (κ1) is 25.0. The van der Waals surface area contributed by atoms with E-state index in [4.69, 9.17) is 16.2 Å². The Hall–Kier alpha value is -2.05. The average molecular weight is 424 g/mol. The monoisotopic (exact) mass is 423 g/mol. The van der Waals surface area contributed by atoms with Gasteiger partial charge in [-0.3, -0.25) is 9.59 Å². The van der Waals surface area contributed by atoms with Crippen LogP contribution in [0.3, 0.4) is 0 Å². The normalized spacial score (nSPS) is 11.3. The Bertz CT molecular complexity index is 901. The molecule has 1 aromatic carbocycles. The smallest absolute Gasteiger partial charge is 0.258 e. The van der Waals surface area contributed by atoms with Gasteiger partial charge in [0.15, 0.2) is 0 Å². The number of hydrogen-bond acceptors (Lipinski definition) is 4. The first-order valence-electron chi connectivity index (χ1n) is 9.97. The number of nitrogens with two attached hydrogens (primary N) is 2. The van der Waals surface area contributed by atoms with Crippen molar-refractivity contribution in [3.05, 3.63) is 39.8 Å². The Morgan fingerprint density at radius 3 is 2.45 bits per heavy atom. The van der Waals surface area contributed by atoms with Crippen LogP contribution in [0.5, 0.6) is 5.75 Å². The summed E-state index contributed by atoms with van der Waals surface area (Å²) in [5.74, 6) is 0.332. The highest BCUT2D eigenvalue weighted by Gasteiger charge is 2.21. The van der Waals surface area contributed by atoms with Gasteiger partial charge in [0, 0.05) is 24.9 Å². The van der Waals surface area contributed by atoms with Gasteiger partial charge in [0.1, 0.15) is 5.75 Å². The van der Waals surface area contributed by atoms with Gasteiger partial charge >= 0.3 is 0 Å².